The summed E-state index contributed by atoms with van der Waals surface area (Å²) < 4.78 is 1.92. The lowest BCUT2D eigenvalue weighted by Crippen LogP contribution is -2.06. The molecule has 2 aromatic rings. The van der Waals surface area contributed by atoms with Crippen LogP contribution in [0, 0.1) is 0 Å². The quantitative estimate of drug-likeness (QED) is 0.882. The van der Waals surface area contributed by atoms with Crippen LogP contribution in [0.5, 0.6) is 0 Å². The van der Waals surface area contributed by atoms with Gasteiger partial charge in [0.1, 0.15) is 5.82 Å². The number of carboxylic acid groups (broad SMARTS) is 1. The van der Waals surface area contributed by atoms with Crippen LogP contribution < -0.4 is 5.32 Å². The number of hydrogen-bond donors (Lipinski definition) is 2. The molecule has 0 spiro atoms. The summed E-state index contributed by atoms with van der Waals surface area (Å²) in [5.74, 6) is -0.292. The van der Waals surface area contributed by atoms with E-state index in [9.17, 15) is 9.90 Å². The van der Waals surface area contributed by atoms with Crippen molar-refractivity contribution in [2.45, 2.75) is 18.9 Å². The molecule has 0 atom stereocenters. The summed E-state index contributed by atoms with van der Waals surface area (Å²) >= 11 is 0. The number of anilines is 1. The van der Waals surface area contributed by atoms with E-state index in [1.165, 1.54) is 0 Å². The van der Waals surface area contributed by atoms with Crippen LogP contribution in [0.25, 0.3) is 11.3 Å². The highest BCUT2D eigenvalue weighted by atomic mass is 16.4. The molecule has 0 amide bonds. The largest absolute Gasteiger partial charge is 0.478 e. The van der Waals surface area contributed by atoms with Crippen LogP contribution in [0.15, 0.2) is 30.6 Å². The second kappa shape index (κ2) is 4.42. The second-order valence-electron chi connectivity index (χ2n) is 4.92. The van der Waals surface area contributed by atoms with Gasteiger partial charge in [0.2, 0.25) is 0 Å². The SMILES string of the molecule is Cn1ccc(-c2cc(C(=O)O)cc(NC3CC3)n2)c1. The summed E-state index contributed by atoms with van der Waals surface area (Å²) in [6.07, 6.45) is 6.09. The van der Waals surface area contributed by atoms with Crippen molar-refractivity contribution in [2.75, 3.05) is 5.32 Å². The number of pyridine rings is 1. The van der Waals surface area contributed by atoms with E-state index >= 15 is 0 Å². The number of carboxylic acids is 1. The summed E-state index contributed by atoms with van der Waals surface area (Å²) in [5.41, 5.74) is 1.87. The Morgan fingerprint density at radius 2 is 2.26 bits per heavy atom. The maximum atomic E-state index is 11.2. The molecule has 1 aliphatic carbocycles. The average molecular weight is 257 g/mol. The molecule has 0 saturated heterocycles. The molecule has 0 bridgehead atoms. The van der Waals surface area contributed by atoms with Crippen LogP contribution in [-0.4, -0.2) is 26.7 Å². The van der Waals surface area contributed by atoms with E-state index in [4.69, 9.17) is 0 Å². The molecule has 2 N–H and O–H groups in total. The van der Waals surface area contributed by atoms with Crippen LogP contribution in [0.2, 0.25) is 0 Å². The molecule has 0 aromatic carbocycles. The highest BCUT2D eigenvalue weighted by Gasteiger charge is 2.22. The van der Waals surface area contributed by atoms with E-state index in [0.717, 1.165) is 18.4 Å². The van der Waals surface area contributed by atoms with Crippen molar-refractivity contribution in [2.24, 2.45) is 7.05 Å². The van der Waals surface area contributed by atoms with E-state index < -0.39 is 5.97 Å². The predicted octanol–water partition coefficient (Wildman–Crippen LogP) is 2.36. The minimum Gasteiger partial charge on any atom is -0.478 e. The number of nitrogens with zero attached hydrogens (tertiary/aromatic N) is 2. The van der Waals surface area contributed by atoms with E-state index in [-0.39, 0.29) is 5.56 Å². The zero-order chi connectivity index (χ0) is 13.4. The lowest BCUT2D eigenvalue weighted by molar-refractivity contribution is 0.0697. The molecular formula is C14H15N3O2. The van der Waals surface area contributed by atoms with Gasteiger partial charge in [-0.25, -0.2) is 9.78 Å². The Labute approximate surface area is 110 Å². The van der Waals surface area contributed by atoms with Gasteiger partial charge in [-0.15, -0.1) is 0 Å². The Kier molecular flexibility index (Phi) is 2.74. The number of hydrogen-bond acceptors (Lipinski definition) is 3. The fraction of sp³-hybridized carbons (Fsp3) is 0.286. The summed E-state index contributed by atoms with van der Waals surface area (Å²) in [4.78, 5) is 15.7. The third-order valence-electron chi connectivity index (χ3n) is 3.13. The Bertz CT molecular complexity index is 629. The Morgan fingerprint density at radius 1 is 1.47 bits per heavy atom. The topological polar surface area (TPSA) is 67.2 Å². The first-order chi connectivity index (χ1) is 9.11. The molecule has 2 heterocycles. The number of nitrogens with one attached hydrogen (secondary N) is 1. The van der Waals surface area contributed by atoms with Gasteiger partial charge in [0.05, 0.1) is 11.3 Å². The molecule has 0 unspecified atom stereocenters. The highest BCUT2D eigenvalue weighted by molar-refractivity contribution is 5.90. The van der Waals surface area contributed by atoms with Gasteiger partial charge < -0.3 is 15.0 Å². The standard InChI is InChI=1S/C14H15N3O2/c1-17-5-4-9(8-17)12-6-10(14(18)19)7-13(16-12)15-11-2-3-11/h4-8,11H,2-3H2,1H3,(H,15,16)(H,18,19). The minimum atomic E-state index is -0.932. The van der Waals surface area contributed by atoms with Gasteiger partial charge in [0.15, 0.2) is 0 Å². The Balaban J connectivity index is 2.01. The lowest BCUT2D eigenvalue weighted by atomic mass is 10.1. The van der Waals surface area contributed by atoms with E-state index in [0.29, 0.717) is 17.6 Å². The van der Waals surface area contributed by atoms with Crippen molar-refractivity contribution < 1.29 is 9.90 Å². The molecule has 98 valence electrons. The van der Waals surface area contributed by atoms with Crippen LogP contribution in [-0.2, 0) is 7.05 Å². The van der Waals surface area contributed by atoms with Crippen molar-refractivity contribution >= 4 is 11.8 Å². The Hall–Kier alpha value is -2.30. The van der Waals surface area contributed by atoms with E-state index in [2.05, 4.69) is 10.3 Å². The van der Waals surface area contributed by atoms with Gasteiger partial charge in [0.25, 0.3) is 0 Å². The van der Waals surface area contributed by atoms with Gasteiger partial charge in [0, 0.05) is 31.0 Å². The smallest absolute Gasteiger partial charge is 0.335 e. The van der Waals surface area contributed by atoms with Gasteiger partial charge in [-0.3, -0.25) is 0 Å². The normalized spacial score (nSPS) is 14.4. The first-order valence-electron chi connectivity index (χ1n) is 6.26. The number of aryl methyl sites for hydroxylation is 1. The summed E-state index contributed by atoms with van der Waals surface area (Å²) in [5, 5.41) is 12.4. The zero-order valence-electron chi connectivity index (χ0n) is 10.6. The number of rotatable bonds is 4. The van der Waals surface area contributed by atoms with Gasteiger partial charge in [-0.1, -0.05) is 0 Å². The number of aromatic carboxylic acids is 1. The van der Waals surface area contributed by atoms with E-state index in [1.807, 2.05) is 30.1 Å². The van der Waals surface area contributed by atoms with Crippen LogP contribution >= 0.6 is 0 Å². The molecule has 1 fully saturated rings. The van der Waals surface area contributed by atoms with Crippen LogP contribution in [0.4, 0.5) is 5.82 Å². The predicted molar refractivity (Wildman–Crippen MR) is 72.2 cm³/mol. The first kappa shape index (κ1) is 11.8. The van der Waals surface area contributed by atoms with Crippen LogP contribution in [0.3, 0.4) is 0 Å². The maximum absolute atomic E-state index is 11.2. The van der Waals surface area contributed by atoms with Gasteiger partial charge >= 0.3 is 5.97 Å². The fourth-order valence-electron chi connectivity index (χ4n) is 1.97. The van der Waals surface area contributed by atoms with Gasteiger partial charge in [-0.2, -0.15) is 0 Å². The molecular weight excluding hydrogens is 242 g/mol. The fourth-order valence-corrected chi connectivity index (χ4v) is 1.97. The highest BCUT2D eigenvalue weighted by Crippen LogP contribution is 2.27. The van der Waals surface area contributed by atoms with Crippen molar-refractivity contribution in [3.8, 4) is 11.3 Å². The second-order valence-corrected chi connectivity index (χ2v) is 4.92. The van der Waals surface area contributed by atoms with Crippen molar-refractivity contribution in [1.29, 1.82) is 0 Å². The average Bonchev–Trinajstić information content (AvgIpc) is 3.07. The molecule has 3 rings (SSSR count). The number of aromatic nitrogens is 2. The summed E-state index contributed by atoms with van der Waals surface area (Å²) in [7, 11) is 1.92. The molecule has 0 radical (unpaired) electrons. The number of carbonyl (C=O) groups is 1. The summed E-state index contributed by atoms with van der Waals surface area (Å²) in [6, 6.07) is 5.57. The third kappa shape index (κ3) is 2.59. The first-order valence-corrected chi connectivity index (χ1v) is 6.26. The van der Waals surface area contributed by atoms with Crippen molar-refractivity contribution in [1.82, 2.24) is 9.55 Å². The van der Waals surface area contributed by atoms with Gasteiger partial charge in [-0.05, 0) is 31.0 Å². The van der Waals surface area contributed by atoms with E-state index in [1.54, 1.807) is 12.1 Å². The third-order valence-corrected chi connectivity index (χ3v) is 3.13. The molecule has 1 aliphatic rings. The molecule has 2 aromatic heterocycles. The molecule has 19 heavy (non-hydrogen) atoms. The van der Waals surface area contributed by atoms with Crippen LogP contribution in [0.1, 0.15) is 23.2 Å². The molecule has 1 saturated carbocycles. The summed E-state index contributed by atoms with van der Waals surface area (Å²) in [6.45, 7) is 0. The van der Waals surface area contributed by atoms with Crippen molar-refractivity contribution in [3.05, 3.63) is 36.2 Å². The minimum absolute atomic E-state index is 0.261. The molecule has 0 aliphatic heterocycles. The molecule has 5 nitrogen and oxygen atoms in total. The maximum Gasteiger partial charge on any atom is 0.335 e. The zero-order valence-corrected chi connectivity index (χ0v) is 10.6. The molecule has 5 heteroatoms. The Morgan fingerprint density at radius 3 is 2.84 bits per heavy atom. The van der Waals surface area contributed by atoms with Crippen molar-refractivity contribution in [3.63, 3.8) is 0 Å². The lowest BCUT2D eigenvalue weighted by Gasteiger charge is -2.07. The monoisotopic (exact) mass is 257 g/mol.